The monoisotopic (exact) mass is 712 g/mol. The number of hydrogen-bond donors (Lipinski definition) is 1. The van der Waals surface area contributed by atoms with Gasteiger partial charge in [-0.15, -0.1) is 0 Å². The number of amides is 3. The van der Waals surface area contributed by atoms with E-state index in [0.717, 1.165) is 10.5 Å². The fourth-order valence-corrected chi connectivity index (χ4v) is 5.59. The summed E-state index contributed by atoms with van der Waals surface area (Å²) in [6.45, 7) is 2.58. The first-order valence-corrected chi connectivity index (χ1v) is 12.5. The van der Waals surface area contributed by atoms with Gasteiger partial charge in [-0.3, -0.25) is 19.3 Å². The van der Waals surface area contributed by atoms with Gasteiger partial charge in [-0.25, -0.2) is 4.79 Å². The van der Waals surface area contributed by atoms with E-state index in [4.69, 9.17) is 16.3 Å². The summed E-state index contributed by atoms with van der Waals surface area (Å²) in [7, 11) is 0. The first kappa shape index (κ1) is 25.4. The van der Waals surface area contributed by atoms with Crippen molar-refractivity contribution in [3.63, 3.8) is 0 Å². The molecule has 0 radical (unpaired) electrons. The largest absolute Gasteiger partial charge is 0.454 e. The van der Waals surface area contributed by atoms with E-state index < -0.39 is 36.3 Å². The number of carbonyl (C=O) groups excluding carboxylic acids is 4. The standard InChI is InChI=1S/C20H13Br4ClN2O5/c1-7-3-4-9(5-10(7)25)26-11(28)6-32-20(31)8(2)27-18(29)12-13(19(27)30)15(22)17(24)16(23)14(12)21/h3-5,8H,6H2,1-2H3,(H,26,28). The minimum absolute atomic E-state index is 0.116. The van der Waals surface area contributed by atoms with Gasteiger partial charge < -0.3 is 10.1 Å². The van der Waals surface area contributed by atoms with Crippen molar-refractivity contribution in [2.75, 3.05) is 11.9 Å². The number of esters is 1. The Bertz CT molecular complexity index is 1140. The van der Waals surface area contributed by atoms with Gasteiger partial charge in [-0.1, -0.05) is 17.7 Å². The van der Waals surface area contributed by atoms with Crippen molar-refractivity contribution >= 4 is 105 Å². The van der Waals surface area contributed by atoms with Gasteiger partial charge in [0.25, 0.3) is 17.7 Å². The van der Waals surface area contributed by atoms with Crippen LogP contribution in [0.15, 0.2) is 36.1 Å². The Hall–Kier alpha value is -1.27. The highest BCUT2D eigenvalue weighted by Gasteiger charge is 2.45. The van der Waals surface area contributed by atoms with Crippen LogP contribution in [0.4, 0.5) is 5.69 Å². The molecule has 0 aromatic heterocycles. The molecule has 3 amide bonds. The number of imide groups is 1. The van der Waals surface area contributed by atoms with E-state index in [-0.39, 0.29) is 11.1 Å². The van der Waals surface area contributed by atoms with E-state index in [0.29, 0.717) is 28.6 Å². The summed E-state index contributed by atoms with van der Waals surface area (Å²) in [5, 5.41) is 3.04. The SMILES string of the molecule is Cc1ccc(NC(=O)COC(=O)C(C)N2C(=O)c3c(Br)c(Br)c(Br)c(Br)c3C2=O)cc1Cl. The van der Waals surface area contributed by atoms with E-state index in [9.17, 15) is 19.2 Å². The lowest BCUT2D eigenvalue weighted by molar-refractivity contribution is -0.150. The van der Waals surface area contributed by atoms with Gasteiger partial charge in [0.15, 0.2) is 6.61 Å². The highest BCUT2D eigenvalue weighted by Crippen LogP contribution is 2.45. The van der Waals surface area contributed by atoms with Crippen molar-refractivity contribution in [2.45, 2.75) is 19.9 Å². The van der Waals surface area contributed by atoms with Crippen molar-refractivity contribution < 1.29 is 23.9 Å². The molecule has 7 nitrogen and oxygen atoms in total. The summed E-state index contributed by atoms with van der Waals surface area (Å²) >= 11 is 19.3. The van der Waals surface area contributed by atoms with Gasteiger partial charge in [-0.2, -0.15) is 0 Å². The van der Waals surface area contributed by atoms with Gasteiger partial charge in [0.1, 0.15) is 6.04 Å². The normalized spacial score (nSPS) is 13.8. The second-order valence-corrected chi connectivity index (χ2v) is 10.4. The Morgan fingerprint density at radius 1 is 1.03 bits per heavy atom. The van der Waals surface area contributed by atoms with E-state index in [1.807, 2.05) is 6.92 Å². The summed E-state index contributed by atoms with van der Waals surface area (Å²) in [6.07, 6.45) is 0. The Balaban J connectivity index is 1.70. The number of nitrogens with zero attached hydrogens (tertiary/aromatic N) is 1. The number of anilines is 1. The highest BCUT2D eigenvalue weighted by atomic mass is 79.9. The summed E-state index contributed by atoms with van der Waals surface area (Å²) in [5.74, 6) is -2.81. The first-order valence-electron chi connectivity index (χ1n) is 8.92. The van der Waals surface area contributed by atoms with Crippen LogP contribution >= 0.6 is 75.3 Å². The first-order chi connectivity index (χ1) is 15.0. The van der Waals surface area contributed by atoms with Crippen LogP contribution in [0, 0.1) is 6.92 Å². The lowest BCUT2D eigenvalue weighted by atomic mass is 10.1. The molecule has 1 aliphatic rings. The van der Waals surface area contributed by atoms with Gasteiger partial charge in [0.2, 0.25) is 0 Å². The zero-order chi connectivity index (χ0) is 23.9. The van der Waals surface area contributed by atoms with Gasteiger partial charge in [0, 0.05) is 28.6 Å². The lowest BCUT2D eigenvalue weighted by Crippen LogP contribution is -2.44. The molecule has 168 valence electrons. The van der Waals surface area contributed by atoms with Crippen molar-refractivity contribution in [3.8, 4) is 0 Å². The third-order valence-corrected chi connectivity index (χ3v) is 9.84. The number of nitrogens with one attached hydrogen (secondary N) is 1. The zero-order valence-electron chi connectivity index (χ0n) is 16.4. The molecule has 0 spiro atoms. The average Bonchev–Trinajstić information content (AvgIpc) is 3.01. The molecule has 0 saturated heterocycles. The summed E-state index contributed by atoms with van der Waals surface area (Å²) < 4.78 is 6.86. The highest BCUT2D eigenvalue weighted by molar-refractivity contribution is 9.15. The Morgan fingerprint density at radius 2 is 1.56 bits per heavy atom. The van der Waals surface area contributed by atoms with Crippen LogP contribution in [-0.4, -0.2) is 41.2 Å². The van der Waals surface area contributed by atoms with Gasteiger partial charge in [-0.05, 0) is 95.3 Å². The van der Waals surface area contributed by atoms with E-state index in [2.05, 4.69) is 69.0 Å². The molecule has 0 saturated carbocycles. The number of hydrogen-bond acceptors (Lipinski definition) is 5. The molecule has 1 N–H and O–H groups in total. The summed E-state index contributed by atoms with van der Waals surface area (Å²) in [6, 6.07) is 3.72. The molecular weight excluding hydrogens is 703 g/mol. The van der Waals surface area contributed by atoms with E-state index >= 15 is 0 Å². The number of benzene rings is 2. The molecule has 1 unspecified atom stereocenters. The Morgan fingerprint density at radius 3 is 2.06 bits per heavy atom. The third kappa shape index (κ3) is 4.68. The average molecular weight is 716 g/mol. The number of fused-ring (bicyclic) bond motifs is 1. The molecule has 2 aromatic carbocycles. The Kier molecular flexibility index (Phi) is 7.86. The van der Waals surface area contributed by atoms with Crippen LogP contribution in [0.3, 0.4) is 0 Å². The quantitative estimate of drug-likeness (QED) is 0.181. The van der Waals surface area contributed by atoms with Crippen LogP contribution in [0.5, 0.6) is 0 Å². The van der Waals surface area contributed by atoms with Crippen molar-refractivity contribution in [3.05, 3.63) is 57.8 Å². The Labute approximate surface area is 221 Å². The maximum atomic E-state index is 12.9. The van der Waals surface area contributed by atoms with Crippen LogP contribution in [0.25, 0.3) is 0 Å². The molecule has 0 bridgehead atoms. The smallest absolute Gasteiger partial charge is 0.329 e. The molecule has 1 heterocycles. The fourth-order valence-electron chi connectivity index (χ4n) is 2.95. The molecule has 32 heavy (non-hydrogen) atoms. The molecule has 1 aliphatic heterocycles. The molecule has 2 aromatic rings. The van der Waals surface area contributed by atoms with Crippen molar-refractivity contribution in [2.24, 2.45) is 0 Å². The maximum Gasteiger partial charge on any atom is 0.329 e. The van der Waals surface area contributed by atoms with Gasteiger partial charge in [0.05, 0.1) is 11.1 Å². The van der Waals surface area contributed by atoms with E-state index in [1.165, 1.54) is 6.92 Å². The predicted molar refractivity (Wildman–Crippen MR) is 133 cm³/mol. The number of aryl methyl sites for hydroxylation is 1. The minimum Gasteiger partial charge on any atom is -0.454 e. The van der Waals surface area contributed by atoms with Crippen molar-refractivity contribution in [1.82, 2.24) is 4.90 Å². The minimum atomic E-state index is -1.25. The van der Waals surface area contributed by atoms with Crippen LogP contribution < -0.4 is 5.32 Å². The number of ether oxygens (including phenoxy) is 1. The summed E-state index contributed by atoms with van der Waals surface area (Å²) in [4.78, 5) is 51.3. The van der Waals surface area contributed by atoms with Crippen LogP contribution in [0.2, 0.25) is 5.02 Å². The van der Waals surface area contributed by atoms with E-state index in [1.54, 1.807) is 18.2 Å². The molecule has 1 atom stereocenters. The topological polar surface area (TPSA) is 92.8 Å². The second kappa shape index (κ2) is 9.92. The molecule has 12 heteroatoms. The zero-order valence-corrected chi connectivity index (χ0v) is 23.5. The number of halogens is 5. The number of carbonyl (C=O) groups is 4. The lowest BCUT2D eigenvalue weighted by Gasteiger charge is -2.20. The summed E-state index contributed by atoms with van der Waals surface area (Å²) in [5.41, 5.74) is 1.53. The third-order valence-electron chi connectivity index (χ3n) is 4.66. The van der Waals surface area contributed by atoms with Crippen molar-refractivity contribution in [1.29, 1.82) is 0 Å². The fraction of sp³-hybridized carbons (Fsp3) is 0.200. The number of rotatable bonds is 5. The predicted octanol–water partition coefficient (Wildman–Crippen LogP) is 5.86. The molecular formula is C20H13Br4ClN2O5. The van der Waals surface area contributed by atoms with Gasteiger partial charge >= 0.3 is 5.97 Å². The van der Waals surface area contributed by atoms with Crippen LogP contribution in [-0.2, 0) is 14.3 Å². The van der Waals surface area contributed by atoms with Crippen LogP contribution in [0.1, 0.15) is 33.2 Å². The molecule has 0 fully saturated rings. The molecule has 3 rings (SSSR count). The second-order valence-electron chi connectivity index (χ2n) is 6.78. The molecule has 0 aliphatic carbocycles. The maximum absolute atomic E-state index is 12.9.